The highest BCUT2D eigenvalue weighted by atomic mass is 16.6. The van der Waals surface area contributed by atoms with E-state index in [0.717, 1.165) is 18.6 Å². The van der Waals surface area contributed by atoms with Gasteiger partial charge in [0.15, 0.2) is 0 Å². The van der Waals surface area contributed by atoms with Gasteiger partial charge in [0, 0.05) is 24.7 Å². The van der Waals surface area contributed by atoms with E-state index in [4.69, 9.17) is 9.47 Å². The van der Waals surface area contributed by atoms with Crippen LogP contribution in [0, 0.1) is 0 Å². The fourth-order valence-electron chi connectivity index (χ4n) is 2.43. The highest BCUT2D eigenvalue weighted by molar-refractivity contribution is 5.94. The van der Waals surface area contributed by atoms with Gasteiger partial charge in [0.05, 0.1) is 13.7 Å². The summed E-state index contributed by atoms with van der Waals surface area (Å²) in [6, 6.07) is 7.08. The molecular formula is C16H22N2O4. The van der Waals surface area contributed by atoms with Gasteiger partial charge in [0.2, 0.25) is 0 Å². The lowest BCUT2D eigenvalue weighted by Crippen LogP contribution is -2.46. The summed E-state index contributed by atoms with van der Waals surface area (Å²) in [5, 5.41) is 3.01. The van der Waals surface area contributed by atoms with Crippen LogP contribution in [0.2, 0.25) is 0 Å². The summed E-state index contributed by atoms with van der Waals surface area (Å²) in [5.74, 6) is 0.622. The van der Waals surface area contributed by atoms with Crippen LogP contribution >= 0.6 is 0 Å². The monoisotopic (exact) mass is 306 g/mol. The van der Waals surface area contributed by atoms with E-state index in [0.29, 0.717) is 25.3 Å². The molecule has 120 valence electrons. The van der Waals surface area contributed by atoms with Crippen LogP contribution in [-0.4, -0.2) is 49.7 Å². The van der Waals surface area contributed by atoms with Gasteiger partial charge < -0.3 is 19.7 Å². The summed E-state index contributed by atoms with van der Waals surface area (Å²) < 4.78 is 10.0. The standard InChI is InChI=1S/C16H22N2O4/c1-3-22-16(20)18-10-8-13(9-11-18)17-15(19)12-4-6-14(21-2)7-5-12/h4-7,13H,3,8-11H2,1-2H3,(H,17,19). The zero-order chi connectivity index (χ0) is 15.9. The molecule has 0 bridgehead atoms. The van der Waals surface area contributed by atoms with Crippen molar-refractivity contribution >= 4 is 12.0 Å². The Morgan fingerprint density at radius 2 is 1.86 bits per heavy atom. The Hall–Kier alpha value is -2.24. The van der Waals surface area contributed by atoms with Crippen molar-refractivity contribution in [3.8, 4) is 5.75 Å². The second-order valence-electron chi connectivity index (χ2n) is 5.16. The van der Waals surface area contributed by atoms with E-state index >= 15 is 0 Å². The molecule has 1 aromatic carbocycles. The van der Waals surface area contributed by atoms with Crippen molar-refractivity contribution in [2.45, 2.75) is 25.8 Å². The lowest BCUT2D eigenvalue weighted by atomic mass is 10.0. The second-order valence-corrected chi connectivity index (χ2v) is 5.16. The minimum atomic E-state index is -0.276. The summed E-state index contributed by atoms with van der Waals surface area (Å²) in [6.45, 7) is 3.38. The Morgan fingerprint density at radius 3 is 2.41 bits per heavy atom. The fraction of sp³-hybridized carbons (Fsp3) is 0.500. The number of ether oxygens (including phenoxy) is 2. The third-order valence-electron chi connectivity index (χ3n) is 3.71. The maximum atomic E-state index is 12.2. The fourth-order valence-corrected chi connectivity index (χ4v) is 2.43. The Kier molecular flexibility index (Phi) is 5.63. The number of carbonyl (C=O) groups is 2. The van der Waals surface area contributed by atoms with E-state index in [1.165, 1.54) is 0 Å². The maximum Gasteiger partial charge on any atom is 0.409 e. The molecule has 1 aliphatic heterocycles. The normalized spacial score (nSPS) is 15.3. The number of hydrogen-bond acceptors (Lipinski definition) is 4. The number of nitrogens with zero attached hydrogens (tertiary/aromatic N) is 1. The Morgan fingerprint density at radius 1 is 1.23 bits per heavy atom. The number of carbonyl (C=O) groups excluding carboxylic acids is 2. The molecule has 1 heterocycles. The van der Waals surface area contributed by atoms with Crippen molar-refractivity contribution in [3.05, 3.63) is 29.8 Å². The molecule has 0 aliphatic carbocycles. The van der Waals surface area contributed by atoms with Gasteiger partial charge in [-0.1, -0.05) is 0 Å². The first kappa shape index (κ1) is 16.1. The molecular weight excluding hydrogens is 284 g/mol. The number of methoxy groups -OCH3 is 1. The number of rotatable bonds is 4. The van der Waals surface area contributed by atoms with Gasteiger partial charge in [-0.15, -0.1) is 0 Å². The van der Waals surface area contributed by atoms with Crippen molar-refractivity contribution in [1.82, 2.24) is 10.2 Å². The van der Waals surface area contributed by atoms with Crippen LogP contribution in [0.4, 0.5) is 4.79 Å². The van der Waals surface area contributed by atoms with Gasteiger partial charge in [-0.25, -0.2) is 4.79 Å². The average molecular weight is 306 g/mol. The predicted molar refractivity (Wildman–Crippen MR) is 82.1 cm³/mol. The third-order valence-corrected chi connectivity index (χ3v) is 3.71. The van der Waals surface area contributed by atoms with Gasteiger partial charge in [0.25, 0.3) is 5.91 Å². The van der Waals surface area contributed by atoms with E-state index in [9.17, 15) is 9.59 Å². The second kappa shape index (κ2) is 7.68. The molecule has 0 aromatic heterocycles. The summed E-state index contributed by atoms with van der Waals surface area (Å²) in [4.78, 5) is 25.5. The van der Waals surface area contributed by atoms with E-state index in [1.807, 2.05) is 0 Å². The summed E-state index contributed by atoms with van der Waals surface area (Å²) in [7, 11) is 1.59. The Bertz CT molecular complexity index is 507. The van der Waals surface area contributed by atoms with Crippen molar-refractivity contribution in [3.63, 3.8) is 0 Å². The molecule has 0 unspecified atom stereocenters. The van der Waals surface area contributed by atoms with E-state index in [2.05, 4.69) is 5.32 Å². The molecule has 1 saturated heterocycles. The van der Waals surface area contributed by atoms with Gasteiger partial charge in [-0.3, -0.25) is 4.79 Å². The molecule has 1 N–H and O–H groups in total. The lowest BCUT2D eigenvalue weighted by Gasteiger charge is -2.31. The minimum absolute atomic E-state index is 0.0836. The number of likely N-dealkylation sites (tertiary alicyclic amines) is 1. The summed E-state index contributed by atoms with van der Waals surface area (Å²) >= 11 is 0. The summed E-state index contributed by atoms with van der Waals surface area (Å²) in [6.07, 6.45) is 1.20. The third kappa shape index (κ3) is 4.13. The molecule has 6 heteroatoms. The van der Waals surface area contributed by atoms with Crippen LogP contribution in [0.15, 0.2) is 24.3 Å². The first-order valence-electron chi connectivity index (χ1n) is 7.50. The van der Waals surface area contributed by atoms with Crippen LogP contribution < -0.4 is 10.1 Å². The van der Waals surface area contributed by atoms with Gasteiger partial charge in [-0.05, 0) is 44.0 Å². The molecule has 0 atom stereocenters. The number of hydrogen-bond donors (Lipinski definition) is 1. The Labute approximate surface area is 130 Å². The largest absolute Gasteiger partial charge is 0.497 e. The average Bonchev–Trinajstić information content (AvgIpc) is 2.55. The SMILES string of the molecule is CCOC(=O)N1CCC(NC(=O)c2ccc(OC)cc2)CC1. The topological polar surface area (TPSA) is 67.9 Å². The lowest BCUT2D eigenvalue weighted by molar-refractivity contribution is 0.0860. The van der Waals surface area contributed by atoms with E-state index in [1.54, 1.807) is 43.2 Å². The molecule has 22 heavy (non-hydrogen) atoms. The number of piperidine rings is 1. The minimum Gasteiger partial charge on any atom is -0.497 e. The van der Waals surface area contributed by atoms with Crippen molar-refractivity contribution in [1.29, 1.82) is 0 Å². The number of nitrogens with one attached hydrogen (secondary N) is 1. The molecule has 1 aliphatic rings. The van der Waals surface area contributed by atoms with Gasteiger partial charge in [0.1, 0.15) is 5.75 Å². The molecule has 6 nitrogen and oxygen atoms in total. The van der Waals surface area contributed by atoms with Crippen molar-refractivity contribution in [2.75, 3.05) is 26.8 Å². The highest BCUT2D eigenvalue weighted by Gasteiger charge is 2.24. The van der Waals surface area contributed by atoms with Gasteiger partial charge in [-0.2, -0.15) is 0 Å². The molecule has 0 radical (unpaired) electrons. The van der Waals surface area contributed by atoms with Crippen molar-refractivity contribution in [2.24, 2.45) is 0 Å². The van der Waals surface area contributed by atoms with Crippen LogP contribution in [-0.2, 0) is 4.74 Å². The van der Waals surface area contributed by atoms with Crippen molar-refractivity contribution < 1.29 is 19.1 Å². The number of benzene rings is 1. The smallest absolute Gasteiger partial charge is 0.409 e. The summed E-state index contributed by atoms with van der Waals surface area (Å²) in [5.41, 5.74) is 0.605. The quantitative estimate of drug-likeness (QED) is 0.924. The highest BCUT2D eigenvalue weighted by Crippen LogP contribution is 2.14. The van der Waals surface area contributed by atoms with Crippen LogP contribution in [0.1, 0.15) is 30.1 Å². The first-order valence-corrected chi connectivity index (χ1v) is 7.50. The molecule has 1 aromatic rings. The zero-order valence-corrected chi connectivity index (χ0v) is 13.0. The van der Waals surface area contributed by atoms with Crippen LogP contribution in [0.5, 0.6) is 5.75 Å². The van der Waals surface area contributed by atoms with Crippen LogP contribution in [0.3, 0.4) is 0 Å². The predicted octanol–water partition coefficient (Wildman–Crippen LogP) is 2.05. The molecule has 2 amide bonds. The molecule has 1 fully saturated rings. The van der Waals surface area contributed by atoms with Gasteiger partial charge >= 0.3 is 6.09 Å². The number of amides is 2. The Balaban J connectivity index is 1.82. The maximum absolute atomic E-state index is 12.2. The molecule has 2 rings (SSSR count). The van der Waals surface area contributed by atoms with Crippen LogP contribution in [0.25, 0.3) is 0 Å². The van der Waals surface area contributed by atoms with E-state index in [-0.39, 0.29) is 18.0 Å². The molecule has 0 saturated carbocycles. The molecule has 0 spiro atoms. The van der Waals surface area contributed by atoms with E-state index < -0.39 is 0 Å². The zero-order valence-electron chi connectivity index (χ0n) is 13.0. The first-order chi connectivity index (χ1) is 10.6.